The van der Waals surface area contributed by atoms with Crippen molar-refractivity contribution in [3.05, 3.63) is 46.6 Å². The van der Waals surface area contributed by atoms with E-state index in [4.69, 9.17) is 9.47 Å². The number of allylic oxidation sites excluding steroid dienone is 4. The van der Waals surface area contributed by atoms with E-state index in [0.29, 0.717) is 18.3 Å². The lowest BCUT2D eigenvalue weighted by Gasteiger charge is -2.51. The summed E-state index contributed by atoms with van der Waals surface area (Å²) in [5.74, 6) is 8.96. The molecule has 4 nitrogen and oxygen atoms in total. The van der Waals surface area contributed by atoms with Gasteiger partial charge in [-0.25, -0.2) is 0 Å². The van der Waals surface area contributed by atoms with Crippen molar-refractivity contribution < 1.29 is 19.4 Å². The summed E-state index contributed by atoms with van der Waals surface area (Å²) < 4.78 is 11.1. The van der Waals surface area contributed by atoms with Crippen LogP contribution in [0.2, 0.25) is 0 Å². The molecule has 5 aliphatic rings. The second kappa shape index (κ2) is 6.99. The molecule has 0 saturated heterocycles. The molecule has 4 aliphatic carbocycles. The fourth-order valence-electron chi connectivity index (χ4n) is 7.48. The molecule has 1 aromatic rings. The first-order valence-electron chi connectivity index (χ1n) is 12.0. The molecule has 32 heavy (non-hydrogen) atoms. The van der Waals surface area contributed by atoms with Gasteiger partial charge in [0.05, 0.1) is 0 Å². The Bertz CT molecular complexity index is 1130. The predicted molar refractivity (Wildman–Crippen MR) is 121 cm³/mol. The van der Waals surface area contributed by atoms with Crippen molar-refractivity contribution in [3.8, 4) is 23.3 Å². The second-order valence-corrected chi connectivity index (χ2v) is 10.4. The fraction of sp³-hybridized carbons (Fsp3) is 0.536. The van der Waals surface area contributed by atoms with Crippen LogP contribution in [0.3, 0.4) is 0 Å². The Morgan fingerprint density at radius 2 is 1.97 bits per heavy atom. The van der Waals surface area contributed by atoms with Crippen LogP contribution in [0.4, 0.5) is 0 Å². The Labute approximate surface area is 189 Å². The van der Waals surface area contributed by atoms with E-state index in [0.717, 1.165) is 55.6 Å². The van der Waals surface area contributed by atoms with Gasteiger partial charge >= 0.3 is 0 Å². The molecule has 5 atom stereocenters. The molecule has 0 bridgehead atoms. The van der Waals surface area contributed by atoms with Gasteiger partial charge < -0.3 is 14.6 Å². The number of hydrogen-bond donors (Lipinski definition) is 1. The maximum Gasteiger partial charge on any atom is 0.231 e. The lowest BCUT2D eigenvalue weighted by molar-refractivity contribution is -0.115. The summed E-state index contributed by atoms with van der Waals surface area (Å²) in [7, 11) is 0. The minimum Gasteiger partial charge on any atom is -0.454 e. The predicted octanol–water partition coefficient (Wildman–Crippen LogP) is 5.07. The molecule has 4 heteroatoms. The van der Waals surface area contributed by atoms with Crippen molar-refractivity contribution in [2.45, 2.75) is 70.3 Å². The standard InChI is InChI=1S/C28H30O4/c1-3-10-28(30)12-9-23-20-6-4-18-13-19(29)15-22(26(18)21(20)8-11-27(23,28)2)17-5-7-24-25(14-17)32-16-31-24/h5,7,13-14,20,22-23,30H,4,6,8-9,11-12,15-16H2,1-2H3/t20-,22?,23+,27+,28-/m1/s1. The molecule has 166 valence electrons. The van der Waals surface area contributed by atoms with E-state index in [2.05, 4.69) is 30.9 Å². The first-order valence-corrected chi connectivity index (χ1v) is 12.0. The highest BCUT2D eigenvalue weighted by Crippen LogP contribution is 2.64. The quantitative estimate of drug-likeness (QED) is 0.632. The highest BCUT2D eigenvalue weighted by Gasteiger charge is 2.60. The molecule has 1 unspecified atom stereocenters. The Balaban J connectivity index is 1.44. The second-order valence-electron chi connectivity index (χ2n) is 10.4. The number of carbonyl (C=O) groups excluding carboxylic acids is 1. The minimum absolute atomic E-state index is 0.0786. The molecule has 1 aromatic carbocycles. The lowest BCUT2D eigenvalue weighted by Crippen LogP contribution is -2.49. The average Bonchev–Trinajstić information content (AvgIpc) is 3.35. The van der Waals surface area contributed by atoms with Crippen molar-refractivity contribution in [2.75, 3.05) is 6.79 Å². The number of hydrogen-bond acceptors (Lipinski definition) is 4. The van der Waals surface area contributed by atoms with Gasteiger partial charge in [-0.15, -0.1) is 5.92 Å². The van der Waals surface area contributed by atoms with Crippen molar-refractivity contribution in [3.63, 3.8) is 0 Å². The first-order chi connectivity index (χ1) is 15.4. The monoisotopic (exact) mass is 430 g/mol. The van der Waals surface area contributed by atoms with Crippen LogP contribution >= 0.6 is 0 Å². The SMILES string of the molecule is CC#C[C@@]1(O)CC[C@H]2[C@@H]3CCC4=CC(=O)CC(c5ccc6c(c5)OCO6)C4=C3CC[C@@]21C. The Morgan fingerprint density at radius 1 is 1.12 bits per heavy atom. The molecule has 1 aliphatic heterocycles. The first kappa shape index (κ1) is 20.1. The van der Waals surface area contributed by atoms with E-state index in [-0.39, 0.29) is 23.9 Å². The van der Waals surface area contributed by atoms with Crippen LogP contribution < -0.4 is 9.47 Å². The zero-order valence-corrected chi connectivity index (χ0v) is 18.9. The van der Waals surface area contributed by atoms with Gasteiger partial charge in [-0.1, -0.05) is 24.5 Å². The molecule has 2 fully saturated rings. The minimum atomic E-state index is -0.877. The number of ketones is 1. The Morgan fingerprint density at radius 3 is 2.81 bits per heavy atom. The average molecular weight is 431 g/mol. The van der Waals surface area contributed by atoms with Gasteiger partial charge in [-0.2, -0.15) is 0 Å². The Hall–Kier alpha value is -2.51. The molecule has 1 N–H and O–H groups in total. The maximum absolute atomic E-state index is 12.7. The summed E-state index contributed by atoms with van der Waals surface area (Å²) >= 11 is 0. The number of carbonyl (C=O) groups is 1. The van der Waals surface area contributed by atoms with Gasteiger partial charge in [0, 0.05) is 17.8 Å². The van der Waals surface area contributed by atoms with Gasteiger partial charge in [0.25, 0.3) is 0 Å². The number of aliphatic hydroxyl groups is 1. The van der Waals surface area contributed by atoms with Crippen molar-refractivity contribution in [1.29, 1.82) is 0 Å². The van der Waals surface area contributed by atoms with E-state index in [1.807, 2.05) is 19.1 Å². The normalized spacial score (nSPS) is 37.2. The van der Waals surface area contributed by atoms with Gasteiger partial charge in [-0.3, -0.25) is 4.79 Å². The summed E-state index contributed by atoms with van der Waals surface area (Å²) in [6, 6.07) is 6.15. The number of rotatable bonds is 1. The summed E-state index contributed by atoms with van der Waals surface area (Å²) in [5.41, 5.74) is 4.28. The largest absolute Gasteiger partial charge is 0.454 e. The topological polar surface area (TPSA) is 55.8 Å². The van der Waals surface area contributed by atoms with Crippen LogP contribution in [0, 0.1) is 29.1 Å². The van der Waals surface area contributed by atoms with Crippen LogP contribution in [0.1, 0.15) is 70.3 Å². The zero-order chi connectivity index (χ0) is 22.1. The van der Waals surface area contributed by atoms with E-state index in [1.54, 1.807) is 0 Å². The van der Waals surface area contributed by atoms with E-state index >= 15 is 0 Å². The van der Waals surface area contributed by atoms with Crippen LogP contribution in [0.5, 0.6) is 11.5 Å². The molecule has 0 aromatic heterocycles. The van der Waals surface area contributed by atoms with Gasteiger partial charge in [-0.05, 0) is 92.2 Å². The van der Waals surface area contributed by atoms with E-state index in [1.165, 1.54) is 16.7 Å². The van der Waals surface area contributed by atoms with E-state index in [9.17, 15) is 9.90 Å². The molecule has 0 spiro atoms. The lowest BCUT2D eigenvalue weighted by atomic mass is 9.54. The third-order valence-electron chi connectivity index (χ3n) is 9.06. The highest BCUT2D eigenvalue weighted by atomic mass is 16.7. The molecular formula is C28H30O4. The third-order valence-corrected chi connectivity index (χ3v) is 9.06. The smallest absolute Gasteiger partial charge is 0.231 e. The highest BCUT2D eigenvalue weighted by molar-refractivity contribution is 5.94. The molecular weight excluding hydrogens is 400 g/mol. The van der Waals surface area contributed by atoms with Crippen LogP contribution in [-0.2, 0) is 4.79 Å². The van der Waals surface area contributed by atoms with Crippen LogP contribution in [0.25, 0.3) is 0 Å². The van der Waals surface area contributed by atoms with Crippen molar-refractivity contribution in [2.24, 2.45) is 17.3 Å². The summed E-state index contributed by atoms with van der Waals surface area (Å²) in [6.07, 6.45) is 8.16. The summed E-state index contributed by atoms with van der Waals surface area (Å²) in [5, 5.41) is 11.5. The summed E-state index contributed by atoms with van der Waals surface area (Å²) in [4.78, 5) is 12.7. The van der Waals surface area contributed by atoms with Crippen LogP contribution in [-0.4, -0.2) is 23.3 Å². The maximum atomic E-state index is 12.7. The number of fused-ring (bicyclic) bond motifs is 5. The van der Waals surface area contributed by atoms with Gasteiger partial charge in [0.2, 0.25) is 6.79 Å². The number of ether oxygens (including phenoxy) is 2. The fourth-order valence-corrected chi connectivity index (χ4v) is 7.48. The molecule has 2 saturated carbocycles. The molecule has 0 radical (unpaired) electrons. The van der Waals surface area contributed by atoms with Gasteiger partial charge in [0.1, 0.15) is 5.60 Å². The van der Waals surface area contributed by atoms with E-state index < -0.39 is 5.60 Å². The van der Waals surface area contributed by atoms with Gasteiger partial charge in [0.15, 0.2) is 17.3 Å². The number of benzene rings is 1. The van der Waals surface area contributed by atoms with Crippen LogP contribution in [0.15, 0.2) is 41.0 Å². The molecule has 1 heterocycles. The Kier molecular flexibility index (Phi) is 4.40. The molecule has 0 amide bonds. The summed E-state index contributed by atoms with van der Waals surface area (Å²) in [6.45, 7) is 4.35. The van der Waals surface area contributed by atoms with Crippen molar-refractivity contribution >= 4 is 5.78 Å². The molecule has 6 rings (SSSR count). The third kappa shape index (κ3) is 2.70. The van der Waals surface area contributed by atoms with Crippen molar-refractivity contribution in [1.82, 2.24) is 0 Å². The zero-order valence-electron chi connectivity index (χ0n) is 18.9.